The lowest BCUT2D eigenvalue weighted by molar-refractivity contribution is -0.149. The van der Waals surface area contributed by atoms with Gasteiger partial charge in [0.1, 0.15) is 11.8 Å². The molecule has 0 radical (unpaired) electrons. The first-order valence-corrected chi connectivity index (χ1v) is 9.75. The van der Waals surface area contributed by atoms with Crippen molar-refractivity contribution in [3.8, 4) is 5.75 Å². The lowest BCUT2D eigenvalue weighted by atomic mass is 10.1. The van der Waals surface area contributed by atoms with Gasteiger partial charge in [0.15, 0.2) is 0 Å². The Morgan fingerprint density at radius 3 is 2.65 bits per heavy atom. The highest BCUT2D eigenvalue weighted by Crippen LogP contribution is 2.37. The molecule has 0 bridgehead atoms. The maximum atomic E-state index is 13.4. The summed E-state index contributed by atoms with van der Waals surface area (Å²) in [5, 5.41) is 2.73. The third-order valence-corrected chi connectivity index (χ3v) is 6.18. The van der Waals surface area contributed by atoms with E-state index in [1.807, 2.05) is 6.92 Å². The highest BCUT2D eigenvalue weighted by atomic mass is 32.2. The minimum Gasteiger partial charge on any atom is -0.495 e. The molecule has 0 aromatic heterocycles. The van der Waals surface area contributed by atoms with Crippen molar-refractivity contribution in [3.63, 3.8) is 0 Å². The van der Waals surface area contributed by atoms with Crippen molar-refractivity contribution in [2.45, 2.75) is 30.5 Å². The van der Waals surface area contributed by atoms with E-state index in [0.29, 0.717) is 19.5 Å². The molecule has 1 aromatic carbocycles. The number of anilines is 1. The van der Waals surface area contributed by atoms with Crippen LogP contribution in [0.2, 0.25) is 0 Å². The number of halogens is 3. The first kappa shape index (κ1) is 20.8. The predicted octanol–water partition coefficient (Wildman–Crippen LogP) is 2.07. The second-order valence-corrected chi connectivity index (χ2v) is 8.16. The van der Waals surface area contributed by atoms with Crippen molar-refractivity contribution in [1.29, 1.82) is 0 Å². The Morgan fingerprint density at radius 2 is 2.08 bits per heavy atom. The summed E-state index contributed by atoms with van der Waals surface area (Å²) in [5.74, 6) is 0.207. The molecule has 1 aromatic rings. The molecule has 2 rings (SSSR count). The Hall–Kier alpha value is -1.52. The van der Waals surface area contributed by atoms with Crippen molar-refractivity contribution in [2.24, 2.45) is 0 Å². The Labute approximate surface area is 152 Å². The highest BCUT2D eigenvalue weighted by Gasteiger charge is 2.45. The fourth-order valence-corrected chi connectivity index (χ4v) is 4.24. The van der Waals surface area contributed by atoms with Crippen LogP contribution in [-0.4, -0.2) is 65.3 Å². The fourth-order valence-electron chi connectivity index (χ4n) is 2.95. The topological polar surface area (TPSA) is 61.9 Å². The van der Waals surface area contributed by atoms with Gasteiger partial charge in [-0.15, -0.1) is 0 Å². The quantitative estimate of drug-likeness (QED) is 0.799. The molecule has 0 aliphatic carbocycles. The summed E-state index contributed by atoms with van der Waals surface area (Å²) in [6, 6.07) is 2.27. The first-order valence-electron chi connectivity index (χ1n) is 8.31. The highest BCUT2D eigenvalue weighted by molar-refractivity contribution is 7.89. The molecular weight excluding hydrogens is 371 g/mol. The number of nitrogens with one attached hydrogen (secondary N) is 1. The van der Waals surface area contributed by atoms with Gasteiger partial charge in [-0.1, -0.05) is 6.92 Å². The van der Waals surface area contributed by atoms with Gasteiger partial charge >= 0.3 is 6.18 Å². The van der Waals surface area contributed by atoms with Gasteiger partial charge in [0.25, 0.3) is 0 Å². The van der Waals surface area contributed by atoms with E-state index in [0.717, 1.165) is 4.90 Å². The SMILES string of the molecule is CCCN(C)S(=O)(=O)c1ccc(OC)c(N2CCNCC2C(F)(F)F)c1. The summed E-state index contributed by atoms with van der Waals surface area (Å²) in [6.07, 6.45) is -3.82. The van der Waals surface area contributed by atoms with E-state index in [1.54, 1.807) is 0 Å². The van der Waals surface area contributed by atoms with Crippen LogP contribution in [0.15, 0.2) is 23.1 Å². The number of hydrogen-bond acceptors (Lipinski definition) is 5. The van der Waals surface area contributed by atoms with Crippen LogP contribution in [0.3, 0.4) is 0 Å². The number of piperazine rings is 1. The number of hydrogen-bond donors (Lipinski definition) is 1. The molecule has 1 aliphatic heterocycles. The minimum absolute atomic E-state index is 0.0521. The van der Waals surface area contributed by atoms with Crippen molar-refractivity contribution in [2.75, 3.05) is 45.2 Å². The van der Waals surface area contributed by atoms with Crippen LogP contribution in [0.25, 0.3) is 0 Å². The minimum atomic E-state index is -4.45. The zero-order chi connectivity index (χ0) is 19.5. The summed E-state index contributed by atoms with van der Waals surface area (Å²) in [4.78, 5) is 1.11. The number of ether oxygens (including phenoxy) is 1. The van der Waals surface area contributed by atoms with Crippen molar-refractivity contribution in [3.05, 3.63) is 18.2 Å². The number of benzene rings is 1. The van der Waals surface area contributed by atoms with Gasteiger partial charge in [-0.3, -0.25) is 0 Å². The first-order chi connectivity index (χ1) is 12.1. The van der Waals surface area contributed by atoms with Crippen LogP contribution in [-0.2, 0) is 10.0 Å². The van der Waals surface area contributed by atoms with Gasteiger partial charge in [-0.2, -0.15) is 13.2 Å². The molecule has 10 heteroatoms. The average Bonchev–Trinajstić information content (AvgIpc) is 2.60. The molecule has 1 N–H and O–H groups in total. The molecule has 6 nitrogen and oxygen atoms in total. The molecule has 148 valence electrons. The second kappa shape index (κ2) is 8.01. The predicted molar refractivity (Wildman–Crippen MR) is 93.2 cm³/mol. The standard InChI is InChI=1S/C16H24F3N3O3S/c1-4-8-21(2)26(23,24)12-5-6-14(25-3)13(10-12)22-9-7-20-11-15(22)16(17,18)19/h5-6,10,15,20H,4,7-9,11H2,1-3H3. The average molecular weight is 395 g/mol. The third-order valence-electron chi connectivity index (χ3n) is 4.33. The number of nitrogens with zero attached hydrogens (tertiary/aromatic N) is 2. The normalized spacial score (nSPS) is 19.0. The lowest BCUT2D eigenvalue weighted by Gasteiger charge is -2.39. The van der Waals surface area contributed by atoms with Crippen molar-refractivity contribution >= 4 is 15.7 Å². The monoisotopic (exact) mass is 395 g/mol. The maximum absolute atomic E-state index is 13.4. The van der Waals surface area contributed by atoms with E-state index in [2.05, 4.69) is 5.32 Å². The second-order valence-electron chi connectivity index (χ2n) is 6.12. The van der Waals surface area contributed by atoms with Gasteiger partial charge < -0.3 is 15.0 Å². The van der Waals surface area contributed by atoms with Gasteiger partial charge in [-0.25, -0.2) is 12.7 Å². The van der Waals surface area contributed by atoms with Crippen LogP contribution in [0, 0.1) is 0 Å². The number of methoxy groups -OCH3 is 1. The van der Waals surface area contributed by atoms with Crippen molar-refractivity contribution < 1.29 is 26.3 Å². The van der Waals surface area contributed by atoms with E-state index in [1.165, 1.54) is 36.7 Å². The largest absolute Gasteiger partial charge is 0.495 e. The summed E-state index contributed by atoms with van der Waals surface area (Å²) in [7, 11) is -0.987. The van der Waals surface area contributed by atoms with Crippen LogP contribution < -0.4 is 15.0 Å². The molecule has 26 heavy (non-hydrogen) atoms. The van der Waals surface area contributed by atoms with Gasteiger partial charge in [0, 0.05) is 33.2 Å². The molecule has 1 unspecified atom stereocenters. The lowest BCUT2D eigenvalue weighted by Crippen LogP contribution is -2.58. The Bertz CT molecular complexity index is 725. The van der Waals surface area contributed by atoms with E-state index >= 15 is 0 Å². The van der Waals surface area contributed by atoms with Crippen LogP contribution >= 0.6 is 0 Å². The zero-order valence-electron chi connectivity index (χ0n) is 15.0. The van der Waals surface area contributed by atoms with Gasteiger partial charge in [0.2, 0.25) is 10.0 Å². The molecule has 0 amide bonds. The molecule has 1 fully saturated rings. The molecule has 1 atom stereocenters. The van der Waals surface area contributed by atoms with Crippen molar-refractivity contribution in [1.82, 2.24) is 9.62 Å². The number of sulfonamides is 1. The smallest absolute Gasteiger partial charge is 0.409 e. The van der Waals surface area contributed by atoms with Crippen LogP contribution in [0.1, 0.15) is 13.3 Å². The summed E-state index contributed by atoms with van der Waals surface area (Å²) >= 11 is 0. The molecular formula is C16H24F3N3O3S. The van der Waals surface area contributed by atoms with E-state index in [-0.39, 0.29) is 29.4 Å². The summed E-state index contributed by atoms with van der Waals surface area (Å²) in [5.41, 5.74) is 0.127. The van der Waals surface area contributed by atoms with Gasteiger partial charge in [-0.05, 0) is 24.6 Å². The Morgan fingerprint density at radius 1 is 1.38 bits per heavy atom. The number of alkyl halides is 3. The van der Waals surface area contributed by atoms with Gasteiger partial charge in [0.05, 0.1) is 17.7 Å². The summed E-state index contributed by atoms with van der Waals surface area (Å²) in [6.45, 7) is 2.36. The van der Waals surface area contributed by atoms with E-state index in [9.17, 15) is 21.6 Å². The van der Waals surface area contributed by atoms with E-state index < -0.39 is 22.2 Å². The fraction of sp³-hybridized carbons (Fsp3) is 0.625. The molecule has 1 heterocycles. The number of rotatable bonds is 6. The zero-order valence-corrected chi connectivity index (χ0v) is 15.8. The Balaban J connectivity index is 2.50. The third kappa shape index (κ3) is 4.24. The summed E-state index contributed by atoms with van der Waals surface area (Å²) < 4.78 is 72.0. The molecule has 0 spiro atoms. The molecule has 1 saturated heterocycles. The molecule has 0 saturated carbocycles. The Kier molecular flexibility index (Phi) is 6.41. The van der Waals surface area contributed by atoms with Crippen LogP contribution in [0.4, 0.5) is 18.9 Å². The van der Waals surface area contributed by atoms with Crippen LogP contribution in [0.5, 0.6) is 5.75 Å². The molecule has 1 aliphatic rings. The van der Waals surface area contributed by atoms with E-state index in [4.69, 9.17) is 4.74 Å². The maximum Gasteiger partial charge on any atom is 0.409 e.